The maximum atomic E-state index is 13.1. The van der Waals surface area contributed by atoms with E-state index in [1.54, 1.807) is 21.3 Å². The highest BCUT2D eigenvalue weighted by Gasteiger charge is 2.24. The van der Waals surface area contributed by atoms with Gasteiger partial charge in [-0.2, -0.15) is 0 Å². The first-order chi connectivity index (χ1) is 17.0. The molecule has 7 nitrogen and oxygen atoms in total. The number of hydrogen-bond acceptors (Lipinski definition) is 7. The summed E-state index contributed by atoms with van der Waals surface area (Å²) in [6, 6.07) is 17.2. The molecule has 0 amide bonds. The van der Waals surface area contributed by atoms with Crippen LogP contribution >= 0.6 is 0 Å². The van der Waals surface area contributed by atoms with Crippen molar-refractivity contribution < 1.29 is 23.4 Å². The summed E-state index contributed by atoms with van der Waals surface area (Å²) in [4.78, 5) is 15.3. The Kier molecular flexibility index (Phi) is 6.09. The zero-order chi connectivity index (χ0) is 24.5. The summed E-state index contributed by atoms with van der Waals surface area (Å²) in [5.41, 5.74) is 4.36. The van der Waals surface area contributed by atoms with Crippen molar-refractivity contribution in [3.63, 3.8) is 0 Å². The lowest BCUT2D eigenvalue weighted by Gasteiger charge is -2.29. The molecule has 3 aromatic carbocycles. The van der Waals surface area contributed by atoms with E-state index in [2.05, 4.69) is 4.90 Å². The highest BCUT2D eigenvalue weighted by Crippen LogP contribution is 2.36. The van der Waals surface area contributed by atoms with Crippen LogP contribution in [0.25, 0.3) is 22.1 Å². The molecule has 0 saturated heterocycles. The Morgan fingerprint density at radius 3 is 2.40 bits per heavy atom. The fourth-order valence-corrected chi connectivity index (χ4v) is 4.60. The minimum Gasteiger partial charge on any atom is -0.497 e. The molecular weight excluding hydrogens is 446 g/mol. The lowest BCUT2D eigenvalue weighted by atomic mass is 9.97. The molecule has 0 bridgehead atoms. The molecule has 180 valence electrons. The Hall–Kier alpha value is -3.97. The quantitative estimate of drug-likeness (QED) is 0.359. The molecule has 0 fully saturated rings. The summed E-state index contributed by atoms with van der Waals surface area (Å²) in [5, 5.41) is 0.894. The molecule has 1 aliphatic heterocycles. The SMILES string of the molecule is COc1ccc(-c2c(C)c3ccc4c(c3oc2=O)CN(Cc2ccc(OC)c(OC)c2)CO4)cc1. The summed E-state index contributed by atoms with van der Waals surface area (Å²) in [5.74, 6) is 2.84. The van der Waals surface area contributed by atoms with E-state index in [9.17, 15) is 4.79 Å². The van der Waals surface area contributed by atoms with E-state index in [0.717, 1.165) is 39.1 Å². The zero-order valence-electron chi connectivity index (χ0n) is 20.2. The molecule has 0 unspecified atom stereocenters. The van der Waals surface area contributed by atoms with Crippen molar-refractivity contribution in [3.05, 3.63) is 81.7 Å². The monoisotopic (exact) mass is 473 g/mol. The second-order valence-electron chi connectivity index (χ2n) is 8.49. The van der Waals surface area contributed by atoms with Crippen LogP contribution in [0, 0.1) is 6.92 Å². The molecule has 5 rings (SSSR count). The third-order valence-electron chi connectivity index (χ3n) is 6.41. The van der Waals surface area contributed by atoms with Gasteiger partial charge in [0.25, 0.3) is 0 Å². The number of methoxy groups -OCH3 is 3. The van der Waals surface area contributed by atoms with Gasteiger partial charge in [-0.3, -0.25) is 4.90 Å². The standard InChI is InChI=1S/C28H27NO6/c1-17-21-10-12-23-22(27(21)35-28(30)26(17)19-6-8-20(31-2)9-7-19)15-29(16-34-23)14-18-5-11-24(32-3)25(13-18)33-4/h5-13H,14-16H2,1-4H3. The van der Waals surface area contributed by atoms with Gasteiger partial charge in [0, 0.05) is 18.5 Å². The third-order valence-corrected chi connectivity index (χ3v) is 6.41. The van der Waals surface area contributed by atoms with Crippen molar-refractivity contribution in [2.24, 2.45) is 0 Å². The molecule has 0 saturated carbocycles. The first-order valence-corrected chi connectivity index (χ1v) is 11.3. The van der Waals surface area contributed by atoms with Gasteiger partial charge < -0.3 is 23.4 Å². The maximum absolute atomic E-state index is 13.1. The van der Waals surface area contributed by atoms with Crippen LogP contribution in [0.2, 0.25) is 0 Å². The van der Waals surface area contributed by atoms with Crippen molar-refractivity contribution in [2.45, 2.75) is 20.0 Å². The van der Waals surface area contributed by atoms with Crippen molar-refractivity contribution in [1.29, 1.82) is 0 Å². The molecule has 0 radical (unpaired) electrons. The molecule has 2 heterocycles. The molecule has 4 aromatic rings. The lowest BCUT2D eigenvalue weighted by Crippen LogP contribution is -2.31. The summed E-state index contributed by atoms with van der Waals surface area (Å²) >= 11 is 0. The number of benzene rings is 3. The van der Waals surface area contributed by atoms with E-state index < -0.39 is 0 Å². The highest BCUT2D eigenvalue weighted by molar-refractivity contribution is 5.90. The van der Waals surface area contributed by atoms with Crippen LogP contribution in [-0.4, -0.2) is 33.0 Å². The van der Waals surface area contributed by atoms with Gasteiger partial charge in [-0.15, -0.1) is 0 Å². The number of hydrogen-bond donors (Lipinski definition) is 0. The maximum Gasteiger partial charge on any atom is 0.344 e. The van der Waals surface area contributed by atoms with E-state index in [0.29, 0.717) is 42.5 Å². The number of nitrogens with zero attached hydrogens (tertiary/aromatic N) is 1. The van der Waals surface area contributed by atoms with Crippen LogP contribution in [0.15, 0.2) is 63.8 Å². The van der Waals surface area contributed by atoms with Crippen molar-refractivity contribution >= 4 is 11.0 Å². The van der Waals surface area contributed by atoms with Crippen molar-refractivity contribution in [1.82, 2.24) is 4.90 Å². The van der Waals surface area contributed by atoms with E-state index >= 15 is 0 Å². The smallest absolute Gasteiger partial charge is 0.344 e. The van der Waals surface area contributed by atoms with Crippen LogP contribution in [0.5, 0.6) is 23.0 Å². The van der Waals surface area contributed by atoms with Crippen LogP contribution in [0.1, 0.15) is 16.7 Å². The van der Waals surface area contributed by atoms with Crippen molar-refractivity contribution in [3.8, 4) is 34.1 Å². The minimum atomic E-state index is -0.370. The Balaban J connectivity index is 1.49. The Morgan fingerprint density at radius 2 is 1.69 bits per heavy atom. The second kappa shape index (κ2) is 9.35. The predicted molar refractivity (Wildman–Crippen MR) is 133 cm³/mol. The number of rotatable bonds is 6. The van der Waals surface area contributed by atoms with Crippen molar-refractivity contribution in [2.75, 3.05) is 28.1 Å². The van der Waals surface area contributed by atoms with E-state index in [1.165, 1.54) is 0 Å². The summed E-state index contributed by atoms with van der Waals surface area (Å²) in [7, 11) is 4.86. The van der Waals surface area contributed by atoms with E-state index in [1.807, 2.05) is 61.5 Å². The van der Waals surface area contributed by atoms with Gasteiger partial charge in [-0.1, -0.05) is 18.2 Å². The molecule has 35 heavy (non-hydrogen) atoms. The fourth-order valence-electron chi connectivity index (χ4n) is 4.60. The lowest BCUT2D eigenvalue weighted by molar-refractivity contribution is 0.0889. The first kappa shape index (κ1) is 22.8. The molecule has 1 aliphatic rings. The minimum absolute atomic E-state index is 0.370. The zero-order valence-corrected chi connectivity index (χ0v) is 20.2. The molecule has 1 aromatic heterocycles. The second-order valence-corrected chi connectivity index (χ2v) is 8.49. The van der Waals surface area contributed by atoms with Gasteiger partial charge in [-0.05, 0) is 60.0 Å². The normalized spacial score (nSPS) is 13.3. The number of aryl methyl sites for hydroxylation is 1. The highest BCUT2D eigenvalue weighted by atomic mass is 16.5. The van der Waals surface area contributed by atoms with Crippen LogP contribution in [0.4, 0.5) is 0 Å². The molecular formula is C28H27NO6. The first-order valence-electron chi connectivity index (χ1n) is 11.3. The topological polar surface area (TPSA) is 70.4 Å². The van der Waals surface area contributed by atoms with E-state index in [-0.39, 0.29) is 5.63 Å². The molecule has 0 N–H and O–H groups in total. The van der Waals surface area contributed by atoms with Gasteiger partial charge in [0.15, 0.2) is 11.5 Å². The summed E-state index contributed by atoms with van der Waals surface area (Å²) in [6.07, 6.45) is 0. The summed E-state index contributed by atoms with van der Waals surface area (Å²) in [6.45, 7) is 3.62. The molecule has 0 spiro atoms. The average molecular weight is 474 g/mol. The Bertz CT molecular complexity index is 1440. The van der Waals surface area contributed by atoms with Crippen LogP contribution in [0.3, 0.4) is 0 Å². The average Bonchev–Trinajstić information content (AvgIpc) is 2.89. The number of ether oxygens (including phenoxy) is 4. The van der Waals surface area contributed by atoms with Gasteiger partial charge in [-0.25, -0.2) is 4.79 Å². The Labute approximate surface area is 203 Å². The molecule has 7 heteroatoms. The molecule has 0 atom stereocenters. The van der Waals surface area contributed by atoms with Gasteiger partial charge in [0.1, 0.15) is 23.8 Å². The van der Waals surface area contributed by atoms with Crippen LogP contribution in [-0.2, 0) is 13.1 Å². The predicted octanol–water partition coefficient (Wildman–Crippen LogP) is 5.15. The molecule has 0 aliphatic carbocycles. The number of fused-ring (bicyclic) bond motifs is 3. The van der Waals surface area contributed by atoms with E-state index in [4.69, 9.17) is 23.4 Å². The largest absolute Gasteiger partial charge is 0.497 e. The van der Waals surface area contributed by atoms with Crippen LogP contribution < -0.4 is 24.6 Å². The van der Waals surface area contributed by atoms with Gasteiger partial charge >= 0.3 is 5.63 Å². The van der Waals surface area contributed by atoms with Gasteiger partial charge in [0.2, 0.25) is 0 Å². The van der Waals surface area contributed by atoms with Gasteiger partial charge in [0.05, 0.1) is 32.5 Å². The Morgan fingerprint density at radius 1 is 0.914 bits per heavy atom. The fraction of sp³-hybridized carbons (Fsp3) is 0.250. The third kappa shape index (κ3) is 4.19. The summed E-state index contributed by atoms with van der Waals surface area (Å²) < 4.78 is 28.0.